The van der Waals surface area contributed by atoms with Crippen molar-refractivity contribution in [1.82, 2.24) is 5.32 Å². The summed E-state index contributed by atoms with van der Waals surface area (Å²) in [6.07, 6.45) is 0.231. The van der Waals surface area contributed by atoms with E-state index in [0.29, 0.717) is 30.3 Å². The lowest BCUT2D eigenvalue weighted by Gasteiger charge is -2.12. The van der Waals surface area contributed by atoms with Gasteiger partial charge in [0.1, 0.15) is 5.75 Å². The van der Waals surface area contributed by atoms with Crippen molar-refractivity contribution in [2.45, 2.75) is 27.2 Å². The van der Waals surface area contributed by atoms with Crippen molar-refractivity contribution in [1.29, 1.82) is 0 Å². The maximum Gasteiger partial charge on any atom is 0.253 e. The molecular weight excluding hydrogens is 328 g/mol. The Bertz CT molecular complexity index is 739. The van der Waals surface area contributed by atoms with Crippen molar-refractivity contribution in [3.05, 3.63) is 59.7 Å². The smallest absolute Gasteiger partial charge is 0.253 e. The third-order valence-corrected chi connectivity index (χ3v) is 3.72. The van der Waals surface area contributed by atoms with Gasteiger partial charge in [0, 0.05) is 6.54 Å². The van der Waals surface area contributed by atoms with E-state index in [1.54, 1.807) is 24.3 Å². The molecule has 0 atom stereocenters. The highest BCUT2D eigenvalue weighted by atomic mass is 16.5. The Hall–Kier alpha value is -2.82. The molecular formula is C21H26N2O3. The molecule has 0 saturated heterocycles. The molecule has 2 rings (SSSR count). The fourth-order valence-electron chi connectivity index (χ4n) is 2.43. The molecule has 138 valence electrons. The second-order valence-corrected chi connectivity index (χ2v) is 6.45. The van der Waals surface area contributed by atoms with E-state index in [0.717, 1.165) is 11.3 Å². The molecule has 0 unspecified atom stereocenters. The van der Waals surface area contributed by atoms with Crippen LogP contribution in [0.25, 0.3) is 0 Å². The predicted octanol–water partition coefficient (Wildman–Crippen LogP) is 3.65. The minimum Gasteiger partial charge on any atom is -0.494 e. The summed E-state index contributed by atoms with van der Waals surface area (Å²) < 4.78 is 5.40. The second kappa shape index (κ2) is 9.61. The first-order valence-corrected chi connectivity index (χ1v) is 8.88. The van der Waals surface area contributed by atoms with Crippen LogP contribution in [0.3, 0.4) is 0 Å². The van der Waals surface area contributed by atoms with Crippen LogP contribution in [0, 0.1) is 5.92 Å². The Morgan fingerprint density at radius 1 is 1.04 bits per heavy atom. The number of benzene rings is 2. The Balaban J connectivity index is 2.01. The number of carbonyl (C=O) groups excluding carboxylic acids is 2. The number of amides is 2. The zero-order valence-corrected chi connectivity index (χ0v) is 15.5. The largest absolute Gasteiger partial charge is 0.494 e. The quantitative estimate of drug-likeness (QED) is 0.760. The van der Waals surface area contributed by atoms with Gasteiger partial charge < -0.3 is 15.4 Å². The molecule has 0 aliphatic rings. The lowest BCUT2D eigenvalue weighted by atomic mass is 10.1. The minimum absolute atomic E-state index is 0.168. The molecule has 5 heteroatoms. The summed E-state index contributed by atoms with van der Waals surface area (Å²) in [6.45, 7) is 7.19. The molecule has 0 radical (unpaired) electrons. The van der Waals surface area contributed by atoms with E-state index >= 15 is 0 Å². The Morgan fingerprint density at radius 3 is 2.38 bits per heavy atom. The number of nitrogens with one attached hydrogen (secondary N) is 2. The zero-order valence-electron chi connectivity index (χ0n) is 15.5. The van der Waals surface area contributed by atoms with Gasteiger partial charge in [-0.05, 0) is 42.7 Å². The summed E-state index contributed by atoms with van der Waals surface area (Å²) in [4.78, 5) is 24.7. The van der Waals surface area contributed by atoms with Crippen LogP contribution in [0.4, 0.5) is 5.69 Å². The number of rotatable bonds is 8. The monoisotopic (exact) mass is 354 g/mol. The van der Waals surface area contributed by atoms with Crippen LogP contribution in [0.15, 0.2) is 48.5 Å². The first-order chi connectivity index (χ1) is 12.5. The fourth-order valence-corrected chi connectivity index (χ4v) is 2.43. The van der Waals surface area contributed by atoms with Crippen LogP contribution in [-0.4, -0.2) is 25.0 Å². The summed E-state index contributed by atoms with van der Waals surface area (Å²) in [7, 11) is 0. The van der Waals surface area contributed by atoms with E-state index in [2.05, 4.69) is 10.6 Å². The van der Waals surface area contributed by atoms with E-state index in [9.17, 15) is 9.59 Å². The van der Waals surface area contributed by atoms with Crippen LogP contribution in [0.5, 0.6) is 5.75 Å². The number of hydrogen-bond acceptors (Lipinski definition) is 3. The maximum atomic E-state index is 12.4. The number of carbonyl (C=O) groups is 2. The Morgan fingerprint density at radius 2 is 1.73 bits per heavy atom. The standard InChI is InChI=1S/C21H26N2O3/c1-4-26-17-11-9-16(10-12-17)13-20(24)23-19-8-6-5-7-18(19)21(25)22-14-15(2)3/h5-12,15H,4,13-14H2,1-3H3,(H,22,25)(H,23,24). The molecule has 0 aliphatic heterocycles. The third kappa shape index (κ3) is 5.92. The lowest BCUT2D eigenvalue weighted by molar-refractivity contribution is -0.115. The van der Waals surface area contributed by atoms with Crippen LogP contribution >= 0.6 is 0 Å². The first kappa shape index (κ1) is 19.5. The number of ether oxygens (including phenoxy) is 1. The van der Waals surface area contributed by atoms with Gasteiger partial charge in [-0.2, -0.15) is 0 Å². The topological polar surface area (TPSA) is 67.4 Å². The molecule has 0 aromatic heterocycles. The highest BCUT2D eigenvalue weighted by Gasteiger charge is 2.13. The predicted molar refractivity (Wildman–Crippen MR) is 104 cm³/mol. The maximum absolute atomic E-state index is 12.4. The van der Waals surface area contributed by atoms with Crippen LogP contribution in [-0.2, 0) is 11.2 Å². The molecule has 2 amide bonds. The summed E-state index contributed by atoms with van der Waals surface area (Å²) >= 11 is 0. The normalized spacial score (nSPS) is 10.5. The van der Waals surface area contributed by atoms with Crippen molar-refractivity contribution >= 4 is 17.5 Å². The van der Waals surface area contributed by atoms with Crippen molar-refractivity contribution < 1.29 is 14.3 Å². The molecule has 0 aliphatic carbocycles. The number of anilines is 1. The van der Waals surface area contributed by atoms with Gasteiger partial charge in [-0.1, -0.05) is 38.1 Å². The first-order valence-electron chi connectivity index (χ1n) is 8.88. The van der Waals surface area contributed by atoms with Crippen molar-refractivity contribution in [2.24, 2.45) is 5.92 Å². The van der Waals surface area contributed by atoms with Gasteiger partial charge in [-0.3, -0.25) is 9.59 Å². The molecule has 0 heterocycles. The molecule has 5 nitrogen and oxygen atoms in total. The Labute approximate surface area is 154 Å². The molecule has 26 heavy (non-hydrogen) atoms. The van der Waals surface area contributed by atoms with Crippen LogP contribution in [0.1, 0.15) is 36.7 Å². The number of hydrogen-bond donors (Lipinski definition) is 2. The SMILES string of the molecule is CCOc1ccc(CC(=O)Nc2ccccc2C(=O)NCC(C)C)cc1. The third-order valence-electron chi connectivity index (χ3n) is 3.72. The van der Waals surface area contributed by atoms with E-state index < -0.39 is 0 Å². The van der Waals surface area contributed by atoms with Gasteiger partial charge in [0.15, 0.2) is 0 Å². The van der Waals surface area contributed by atoms with Gasteiger partial charge in [0.25, 0.3) is 5.91 Å². The van der Waals surface area contributed by atoms with Gasteiger partial charge in [-0.25, -0.2) is 0 Å². The molecule has 2 aromatic rings. The van der Waals surface area contributed by atoms with Gasteiger partial charge in [-0.15, -0.1) is 0 Å². The van der Waals surface area contributed by atoms with Crippen molar-refractivity contribution in [3.8, 4) is 5.75 Å². The molecule has 2 N–H and O–H groups in total. The number of para-hydroxylation sites is 1. The highest BCUT2D eigenvalue weighted by Crippen LogP contribution is 2.17. The van der Waals surface area contributed by atoms with E-state index in [-0.39, 0.29) is 18.2 Å². The lowest BCUT2D eigenvalue weighted by Crippen LogP contribution is -2.28. The molecule has 0 fully saturated rings. The molecule has 0 bridgehead atoms. The van der Waals surface area contributed by atoms with E-state index in [4.69, 9.17) is 4.74 Å². The average Bonchev–Trinajstić information content (AvgIpc) is 2.62. The fraction of sp³-hybridized carbons (Fsp3) is 0.333. The summed E-state index contributed by atoms with van der Waals surface area (Å²) in [5.74, 6) is 0.790. The van der Waals surface area contributed by atoms with E-state index in [1.807, 2.05) is 45.0 Å². The van der Waals surface area contributed by atoms with Crippen LogP contribution in [0.2, 0.25) is 0 Å². The van der Waals surface area contributed by atoms with Gasteiger partial charge in [0.2, 0.25) is 5.91 Å². The van der Waals surface area contributed by atoms with Crippen molar-refractivity contribution in [2.75, 3.05) is 18.5 Å². The van der Waals surface area contributed by atoms with Crippen molar-refractivity contribution in [3.63, 3.8) is 0 Å². The molecule has 0 spiro atoms. The summed E-state index contributed by atoms with van der Waals surface area (Å²) in [5, 5.41) is 5.71. The van der Waals surface area contributed by atoms with Crippen LogP contribution < -0.4 is 15.4 Å². The molecule has 2 aromatic carbocycles. The summed E-state index contributed by atoms with van der Waals surface area (Å²) in [6, 6.07) is 14.5. The minimum atomic E-state index is -0.185. The van der Waals surface area contributed by atoms with Gasteiger partial charge in [0.05, 0.1) is 24.3 Å². The zero-order chi connectivity index (χ0) is 18.9. The van der Waals surface area contributed by atoms with Gasteiger partial charge >= 0.3 is 0 Å². The molecule has 0 saturated carbocycles. The second-order valence-electron chi connectivity index (χ2n) is 6.45. The van der Waals surface area contributed by atoms with E-state index in [1.165, 1.54) is 0 Å². The average molecular weight is 354 g/mol. The summed E-state index contributed by atoms with van der Waals surface area (Å²) in [5.41, 5.74) is 1.87. The highest BCUT2D eigenvalue weighted by molar-refractivity contribution is 6.04. The Kier molecular flexibility index (Phi) is 7.21.